The summed E-state index contributed by atoms with van der Waals surface area (Å²) in [6.45, 7) is 0.458. The molecule has 1 saturated heterocycles. The molecule has 6 heteroatoms. The topological polar surface area (TPSA) is 66.9 Å². The summed E-state index contributed by atoms with van der Waals surface area (Å²) in [4.78, 5) is 0. The molecule has 1 atom stereocenters. The van der Waals surface area contributed by atoms with Crippen molar-refractivity contribution in [1.82, 2.24) is 0 Å². The molecule has 4 nitrogen and oxygen atoms in total. The van der Waals surface area contributed by atoms with Gasteiger partial charge in [0.2, 0.25) is 0 Å². The van der Waals surface area contributed by atoms with Crippen LogP contribution in [0.5, 0.6) is 0 Å². The van der Waals surface area contributed by atoms with E-state index in [1.165, 1.54) is 0 Å². The van der Waals surface area contributed by atoms with E-state index in [9.17, 15) is 8.42 Å². The summed E-state index contributed by atoms with van der Waals surface area (Å²) in [6, 6.07) is 0. The fourth-order valence-electron chi connectivity index (χ4n) is 0.399. The first kappa shape index (κ1) is 9.87. The van der Waals surface area contributed by atoms with Crippen molar-refractivity contribution in [2.45, 2.75) is 6.10 Å². The molecule has 49 valence electrons. The van der Waals surface area contributed by atoms with Gasteiger partial charge < -0.3 is 4.74 Å². The average Bonchev–Trinajstić information content (AvgIpc) is 2.12. The van der Waals surface area contributed by atoms with Crippen LogP contribution in [0.3, 0.4) is 0 Å². The second kappa shape index (κ2) is 3.32. The summed E-state index contributed by atoms with van der Waals surface area (Å²) in [7, 11) is -3.79. The Morgan fingerprint density at radius 2 is 2.11 bits per heavy atom. The van der Waals surface area contributed by atoms with E-state index in [4.69, 9.17) is 4.55 Å². The Balaban J connectivity index is 0.000000640. The Bertz CT molecular complexity index is 170. The first-order valence-corrected chi connectivity index (χ1v) is 3.75. The van der Waals surface area contributed by atoms with Gasteiger partial charge in [0.1, 0.15) is 5.75 Å². The van der Waals surface area contributed by atoms with Crippen molar-refractivity contribution in [2.24, 2.45) is 0 Å². The normalized spacial score (nSPS) is 24.8. The second-order valence-corrected chi connectivity index (χ2v) is 3.20. The van der Waals surface area contributed by atoms with Gasteiger partial charge >= 0.3 is 0 Å². The third kappa shape index (κ3) is 5.32. The predicted molar refractivity (Wildman–Crippen MR) is 31.9 cm³/mol. The van der Waals surface area contributed by atoms with Crippen LogP contribution in [-0.4, -0.2) is 61.0 Å². The molecular formula is C3H6NaO4S. The van der Waals surface area contributed by atoms with E-state index in [0.717, 1.165) is 0 Å². The van der Waals surface area contributed by atoms with Crippen molar-refractivity contribution >= 4 is 39.7 Å². The third-order valence-corrected chi connectivity index (χ3v) is 1.59. The number of hydrogen-bond acceptors (Lipinski definition) is 3. The van der Waals surface area contributed by atoms with Crippen molar-refractivity contribution in [3.63, 3.8) is 0 Å². The van der Waals surface area contributed by atoms with E-state index in [2.05, 4.69) is 4.74 Å². The molecule has 1 unspecified atom stereocenters. The first-order valence-electron chi connectivity index (χ1n) is 2.15. The molecule has 1 radical (unpaired) electrons. The molecule has 0 aromatic carbocycles. The summed E-state index contributed by atoms with van der Waals surface area (Å²) < 4.78 is 32.6. The van der Waals surface area contributed by atoms with E-state index in [1.807, 2.05) is 0 Å². The van der Waals surface area contributed by atoms with Gasteiger partial charge in [-0.1, -0.05) is 0 Å². The third-order valence-electron chi connectivity index (χ3n) is 0.799. The maximum Gasteiger partial charge on any atom is 0.267 e. The Hall–Kier alpha value is 0.870. The molecular weight excluding hydrogens is 155 g/mol. The quantitative estimate of drug-likeness (QED) is 0.317. The van der Waals surface area contributed by atoms with Gasteiger partial charge in [0.15, 0.2) is 0 Å². The molecule has 1 aliphatic rings. The van der Waals surface area contributed by atoms with E-state index in [-0.39, 0.29) is 41.4 Å². The van der Waals surface area contributed by atoms with Crippen LogP contribution in [-0.2, 0) is 14.9 Å². The monoisotopic (exact) mass is 161 g/mol. The van der Waals surface area contributed by atoms with Crippen molar-refractivity contribution in [2.75, 3.05) is 12.4 Å². The molecule has 1 N–H and O–H groups in total. The van der Waals surface area contributed by atoms with E-state index >= 15 is 0 Å². The van der Waals surface area contributed by atoms with Gasteiger partial charge in [0, 0.05) is 29.6 Å². The zero-order valence-electron chi connectivity index (χ0n) is 5.07. The minimum atomic E-state index is -3.79. The van der Waals surface area contributed by atoms with Crippen LogP contribution in [0, 0.1) is 0 Å². The molecule has 0 bridgehead atoms. The van der Waals surface area contributed by atoms with E-state index in [1.54, 1.807) is 0 Å². The van der Waals surface area contributed by atoms with Crippen LogP contribution in [0.4, 0.5) is 0 Å². The van der Waals surface area contributed by atoms with Crippen LogP contribution >= 0.6 is 0 Å². The Morgan fingerprint density at radius 1 is 1.67 bits per heavy atom. The molecule has 1 aliphatic heterocycles. The molecule has 0 aromatic heterocycles. The summed E-state index contributed by atoms with van der Waals surface area (Å²) in [5.41, 5.74) is 0. The molecule has 0 aromatic rings. The maximum absolute atomic E-state index is 9.96. The van der Waals surface area contributed by atoms with Gasteiger partial charge in [-0.25, -0.2) is 0 Å². The standard InChI is InChI=1S/C3H6O4S.Na/c4-8(5,6)2-3-1-7-3;/h3H,1-2H2,(H,4,5,6);. The fraction of sp³-hybridized carbons (Fsp3) is 1.00. The van der Waals surface area contributed by atoms with Crippen LogP contribution < -0.4 is 0 Å². The van der Waals surface area contributed by atoms with Crippen molar-refractivity contribution < 1.29 is 17.7 Å². The molecule has 0 saturated carbocycles. The van der Waals surface area contributed by atoms with Gasteiger partial charge in [0.05, 0.1) is 12.7 Å². The van der Waals surface area contributed by atoms with Crippen LogP contribution in [0.1, 0.15) is 0 Å². The van der Waals surface area contributed by atoms with Gasteiger partial charge in [-0.2, -0.15) is 8.42 Å². The van der Waals surface area contributed by atoms with E-state index in [0.29, 0.717) is 6.61 Å². The zero-order valence-corrected chi connectivity index (χ0v) is 7.89. The zero-order chi connectivity index (χ0) is 6.20. The molecule has 0 amide bonds. The van der Waals surface area contributed by atoms with Crippen LogP contribution in [0.15, 0.2) is 0 Å². The molecule has 1 heterocycles. The average molecular weight is 161 g/mol. The van der Waals surface area contributed by atoms with Crippen molar-refractivity contribution in [1.29, 1.82) is 0 Å². The fourth-order valence-corrected chi connectivity index (χ4v) is 1.06. The molecule has 0 spiro atoms. The number of hydrogen-bond donors (Lipinski definition) is 1. The van der Waals surface area contributed by atoms with Crippen molar-refractivity contribution in [3.8, 4) is 0 Å². The van der Waals surface area contributed by atoms with Gasteiger partial charge in [-0.3, -0.25) is 4.55 Å². The predicted octanol–water partition coefficient (Wildman–Crippen LogP) is -1.11. The van der Waals surface area contributed by atoms with E-state index < -0.39 is 10.1 Å². The first-order chi connectivity index (χ1) is 3.58. The number of rotatable bonds is 2. The summed E-state index contributed by atoms with van der Waals surface area (Å²) in [6.07, 6.45) is -0.245. The Morgan fingerprint density at radius 3 is 2.22 bits per heavy atom. The molecule has 0 aliphatic carbocycles. The van der Waals surface area contributed by atoms with Crippen LogP contribution in [0.25, 0.3) is 0 Å². The molecule has 1 rings (SSSR count). The minimum absolute atomic E-state index is 0. The second-order valence-electron chi connectivity index (χ2n) is 1.70. The Kier molecular flexibility index (Phi) is 3.64. The van der Waals surface area contributed by atoms with Gasteiger partial charge in [-0.15, -0.1) is 0 Å². The smallest absolute Gasteiger partial charge is 0.267 e. The summed E-state index contributed by atoms with van der Waals surface area (Å²) in [5.74, 6) is -0.257. The van der Waals surface area contributed by atoms with Gasteiger partial charge in [0.25, 0.3) is 10.1 Å². The molecule has 1 fully saturated rings. The largest absolute Gasteiger partial charge is 0.372 e. The van der Waals surface area contributed by atoms with Crippen molar-refractivity contribution in [3.05, 3.63) is 0 Å². The number of ether oxygens (including phenoxy) is 1. The van der Waals surface area contributed by atoms with Crippen LogP contribution in [0.2, 0.25) is 0 Å². The number of epoxide rings is 1. The van der Waals surface area contributed by atoms with Gasteiger partial charge in [-0.05, 0) is 0 Å². The maximum atomic E-state index is 9.96. The minimum Gasteiger partial charge on any atom is -0.372 e. The summed E-state index contributed by atoms with van der Waals surface area (Å²) >= 11 is 0. The Labute approximate surface area is 75.6 Å². The summed E-state index contributed by atoms with van der Waals surface area (Å²) in [5, 5.41) is 0. The SMILES string of the molecule is O=S(=O)(O)CC1CO1.[Na]. The molecule has 9 heavy (non-hydrogen) atoms.